The fourth-order valence-corrected chi connectivity index (χ4v) is 0.286. The van der Waals surface area contributed by atoms with Gasteiger partial charge in [0.15, 0.2) is 6.49 Å². The van der Waals surface area contributed by atoms with Gasteiger partial charge in [-0.15, -0.1) is 0 Å². The van der Waals surface area contributed by atoms with E-state index in [-0.39, 0.29) is 0 Å². The lowest BCUT2D eigenvalue weighted by Gasteiger charge is -1.94. The molecule has 4 N–H and O–H groups in total. The summed E-state index contributed by atoms with van der Waals surface area (Å²) in [5.74, 6) is 0. The van der Waals surface area contributed by atoms with E-state index in [1.165, 1.54) is 0 Å². The molecule has 0 saturated carbocycles. The summed E-state index contributed by atoms with van der Waals surface area (Å²) in [6.07, 6.45) is 0. The van der Waals surface area contributed by atoms with Crippen molar-refractivity contribution in [3.05, 3.63) is 10.4 Å². The Morgan fingerprint density at radius 1 is 1.71 bits per heavy atom. The van der Waals surface area contributed by atoms with Crippen molar-refractivity contribution in [2.24, 2.45) is 15.9 Å². The van der Waals surface area contributed by atoms with Gasteiger partial charge in [0.05, 0.1) is 0 Å². The molecule has 0 spiro atoms. The van der Waals surface area contributed by atoms with E-state index < -0.39 is 6.49 Å². The molecule has 0 saturated heterocycles. The summed E-state index contributed by atoms with van der Waals surface area (Å²) < 4.78 is 0. The zero-order chi connectivity index (χ0) is 5.91. The molecule has 0 amide bonds. The molecule has 0 fully saturated rings. The van der Waals surface area contributed by atoms with Gasteiger partial charge in [-0.1, -0.05) is 11.8 Å². The summed E-state index contributed by atoms with van der Waals surface area (Å²) in [6.45, 7) is -2.62. The van der Waals surface area contributed by atoms with E-state index in [1.807, 2.05) is 0 Å². The van der Waals surface area contributed by atoms with Crippen molar-refractivity contribution in [1.82, 2.24) is 0 Å². The van der Waals surface area contributed by atoms with Crippen LogP contribution in [0.15, 0.2) is 4.88 Å². The molecular weight excluding hydrogens is 133 g/mol. The number of nitrogens with two attached hydrogens (primary N) is 2. The van der Waals surface area contributed by atoms with Gasteiger partial charge >= 0.3 is 0 Å². The second-order valence-electron chi connectivity index (χ2n) is 0.851. The molecule has 0 atom stereocenters. The van der Waals surface area contributed by atoms with Crippen LogP contribution in [0.25, 0.3) is 10.4 Å². The van der Waals surface area contributed by atoms with Crippen LogP contribution in [0.5, 0.6) is 0 Å². The molecule has 0 bridgehead atoms. The van der Waals surface area contributed by atoms with Gasteiger partial charge in [-0.3, -0.25) is 11.0 Å². The Bertz CT molecular complexity index is 136. The second kappa shape index (κ2) is 2.26. The predicted molar refractivity (Wildman–Crippen MR) is 31.8 cm³/mol. The Balaban J connectivity index is 4.10. The van der Waals surface area contributed by atoms with Crippen LogP contribution >= 0.6 is 6.49 Å². The van der Waals surface area contributed by atoms with Gasteiger partial charge in [0.1, 0.15) is 0 Å². The number of rotatable bonds is 1. The summed E-state index contributed by atoms with van der Waals surface area (Å²) in [7, 11) is 0. The van der Waals surface area contributed by atoms with E-state index in [0.29, 0.717) is 0 Å². The van der Waals surface area contributed by atoms with Crippen molar-refractivity contribution in [3.8, 4) is 0 Å². The van der Waals surface area contributed by atoms with Gasteiger partial charge in [-0.05, 0) is 10.4 Å². The van der Waals surface area contributed by atoms with Gasteiger partial charge in [-0.2, -0.15) is 0 Å². The first-order valence-electron chi connectivity index (χ1n) is 1.30. The third kappa shape index (κ3) is 5.88. The highest BCUT2D eigenvalue weighted by molar-refractivity contribution is 8.11. The summed E-state index contributed by atoms with van der Waals surface area (Å²) in [4.78, 5) is 5.25. The van der Waals surface area contributed by atoms with Crippen LogP contribution in [0.2, 0.25) is 0 Å². The quantitative estimate of drug-likeness (QED) is 0.237. The maximum Gasteiger partial charge on any atom is 0.155 e. The van der Waals surface area contributed by atoms with E-state index in [4.69, 9.17) is 16.5 Å². The first-order valence-corrected chi connectivity index (χ1v) is 4.19. The van der Waals surface area contributed by atoms with Gasteiger partial charge in [0.2, 0.25) is 0 Å². The molecule has 0 aromatic carbocycles. The lowest BCUT2D eigenvalue weighted by atomic mass is 13.0. The molecule has 5 nitrogen and oxygen atoms in total. The van der Waals surface area contributed by atoms with E-state index >= 15 is 0 Å². The van der Waals surface area contributed by atoms with Crippen LogP contribution in [0, 0.1) is 0 Å². The highest BCUT2D eigenvalue weighted by atomic mass is 32.4. The maximum atomic E-state index is 7.66. The number of nitrogens with zero attached hydrogens (tertiary/aromatic N) is 3. The summed E-state index contributed by atoms with van der Waals surface area (Å²) >= 11 is 4.33. The van der Waals surface area contributed by atoms with Gasteiger partial charge in [0.25, 0.3) is 0 Å². The first kappa shape index (κ1) is 6.88. The van der Waals surface area contributed by atoms with Gasteiger partial charge < -0.3 is 0 Å². The smallest absolute Gasteiger partial charge is 0.155 e. The Morgan fingerprint density at radius 3 is 2.14 bits per heavy atom. The highest BCUT2D eigenvalue weighted by Gasteiger charge is 1.92. The molecule has 0 heterocycles. The van der Waals surface area contributed by atoms with Crippen LogP contribution in [-0.4, -0.2) is 0 Å². The maximum absolute atomic E-state index is 7.66. The van der Waals surface area contributed by atoms with Crippen LogP contribution in [0.1, 0.15) is 0 Å². The zero-order valence-corrected chi connectivity index (χ0v) is 5.06. The molecule has 0 aliphatic heterocycles. The summed E-state index contributed by atoms with van der Waals surface area (Å²) in [5.41, 5.74) is 17.5. The SMILES string of the molecule is [N-]=[N+]=NP(N)(N)=S. The van der Waals surface area contributed by atoms with E-state index in [9.17, 15) is 0 Å². The van der Waals surface area contributed by atoms with Gasteiger partial charge in [-0.25, -0.2) is 0 Å². The van der Waals surface area contributed by atoms with Crippen LogP contribution in [-0.2, 0) is 11.8 Å². The molecule has 0 aromatic heterocycles. The fourth-order valence-electron chi connectivity index (χ4n) is 0.0625. The van der Waals surface area contributed by atoms with Crippen molar-refractivity contribution in [2.75, 3.05) is 0 Å². The third-order valence-electron chi connectivity index (χ3n) is 0.180. The molecule has 0 radical (unpaired) electrons. The highest BCUT2D eigenvalue weighted by Crippen LogP contribution is 2.26. The molecule has 0 aliphatic rings. The summed E-state index contributed by atoms with van der Waals surface area (Å²) in [6, 6.07) is 0. The minimum atomic E-state index is -2.62. The lowest BCUT2D eigenvalue weighted by Crippen LogP contribution is -1.98. The molecular formula is H4N5PS. The molecule has 40 valence electrons. The largest absolute Gasteiger partial charge is 0.286 e. The van der Waals surface area contributed by atoms with Crippen molar-refractivity contribution in [2.45, 2.75) is 0 Å². The van der Waals surface area contributed by atoms with Crippen molar-refractivity contribution in [1.29, 1.82) is 0 Å². The van der Waals surface area contributed by atoms with E-state index in [2.05, 4.69) is 21.6 Å². The average molecular weight is 137 g/mol. The molecule has 0 aliphatic carbocycles. The van der Waals surface area contributed by atoms with Crippen molar-refractivity contribution < 1.29 is 0 Å². The van der Waals surface area contributed by atoms with Crippen molar-refractivity contribution in [3.63, 3.8) is 0 Å². The molecule has 7 heteroatoms. The van der Waals surface area contributed by atoms with Crippen molar-refractivity contribution >= 4 is 18.3 Å². The molecule has 0 rings (SSSR count). The van der Waals surface area contributed by atoms with Gasteiger partial charge in [0, 0.05) is 4.91 Å². The van der Waals surface area contributed by atoms with Crippen LogP contribution < -0.4 is 11.0 Å². The number of azide groups is 1. The monoisotopic (exact) mass is 137 g/mol. The third-order valence-corrected chi connectivity index (χ3v) is 0.758. The van der Waals surface area contributed by atoms with E-state index in [1.54, 1.807) is 0 Å². The average Bonchev–Trinajstić information content (AvgIpc) is 1.30. The number of hydrogen-bond donors (Lipinski definition) is 2. The predicted octanol–water partition coefficient (Wildman–Crippen LogP) is 0.439. The number of hydrogen-bond acceptors (Lipinski definition) is 1. The Labute approximate surface area is 45.5 Å². The Kier molecular flexibility index (Phi) is 2.22. The molecule has 7 heavy (non-hydrogen) atoms. The molecule has 0 aromatic rings. The topological polar surface area (TPSA) is 101 Å². The zero-order valence-electron chi connectivity index (χ0n) is 3.35. The first-order chi connectivity index (χ1) is 3.06. The molecule has 0 unspecified atom stereocenters. The fraction of sp³-hybridized carbons (Fsp3) is 0. The second-order valence-corrected chi connectivity index (χ2v) is 4.13. The minimum Gasteiger partial charge on any atom is -0.286 e. The Morgan fingerprint density at radius 2 is 2.14 bits per heavy atom. The van der Waals surface area contributed by atoms with E-state index in [0.717, 1.165) is 0 Å². The normalized spacial score (nSPS) is 10.0. The van der Waals surface area contributed by atoms with Crippen LogP contribution in [0.3, 0.4) is 0 Å². The minimum absolute atomic E-state index is 2.33. The van der Waals surface area contributed by atoms with Crippen LogP contribution in [0.4, 0.5) is 0 Å². The summed E-state index contributed by atoms with van der Waals surface area (Å²) in [5, 5.41) is 0. The lowest BCUT2D eigenvalue weighted by molar-refractivity contribution is 1.62. The Hall–Kier alpha value is -0.120. The standard InChI is InChI=1S/H4N5PS/c1-4-5-6(2,3)7/h(H4,2,3,7).